The van der Waals surface area contributed by atoms with Crippen molar-refractivity contribution in [2.45, 2.75) is 148 Å². The first-order chi connectivity index (χ1) is 15.4. The van der Waals surface area contributed by atoms with Gasteiger partial charge in [0.15, 0.2) is 25.0 Å². The van der Waals surface area contributed by atoms with Crippen molar-refractivity contribution in [3.8, 4) is 12.3 Å². The highest BCUT2D eigenvalue weighted by Crippen LogP contribution is 2.42. The highest BCUT2D eigenvalue weighted by Gasteiger charge is 2.45. The lowest BCUT2D eigenvalue weighted by Crippen LogP contribution is -2.50. The summed E-state index contributed by atoms with van der Waals surface area (Å²) in [5.74, 6) is 3.07. The van der Waals surface area contributed by atoms with E-state index in [9.17, 15) is 0 Å². The van der Waals surface area contributed by atoms with Gasteiger partial charge >= 0.3 is 0 Å². The van der Waals surface area contributed by atoms with Crippen LogP contribution < -0.4 is 0 Å². The fourth-order valence-electron chi connectivity index (χ4n) is 3.20. The summed E-state index contributed by atoms with van der Waals surface area (Å²) in [6, 6.07) is 0. The smallest absolute Gasteiger partial charge is 0.192 e. The van der Waals surface area contributed by atoms with Gasteiger partial charge in [-0.25, -0.2) is 0 Å². The van der Waals surface area contributed by atoms with Gasteiger partial charge in [-0.3, -0.25) is 0 Å². The summed E-state index contributed by atoms with van der Waals surface area (Å²) in [6.45, 7) is 39.4. The summed E-state index contributed by atoms with van der Waals surface area (Å²) >= 11 is 0. The molecule has 3 atom stereocenters. The highest BCUT2D eigenvalue weighted by molar-refractivity contribution is 6.75. The average molecular weight is 541 g/mol. The Hall–Kier alpha value is -0.169. The van der Waals surface area contributed by atoms with Crippen molar-refractivity contribution in [3.63, 3.8) is 0 Å². The van der Waals surface area contributed by atoms with Gasteiger partial charge < -0.3 is 13.3 Å². The third-order valence-corrected chi connectivity index (χ3v) is 22.4. The average Bonchev–Trinajstić information content (AvgIpc) is 2.63. The van der Waals surface area contributed by atoms with Crippen LogP contribution in [0.15, 0.2) is 12.7 Å². The maximum atomic E-state index is 6.99. The van der Waals surface area contributed by atoms with Crippen LogP contribution in [0.3, 0.4) is 0 Å². The van der Waals surface area contributed by atoms with Crippen LogP contribution in [-0.4, -0.2) is 43.8 Å². The second-order valence-corrected chi connectivity index (χ2v) is 29.1. The molecule has 0 saturated carbocycles. The Morgan fingerprint density at radius 1 is 0.771 bits per heavy atom. The number of terminal acetylenes is 1. The van der Waals surface area contributed by atoms with E-state index in [4.69, 9.17) is 19.7 Å². The van der Waals surface area contributed by atoms with Crippen molar-refractivity contribution < 1.29 is 13.3 Å². The Morgan fingerprint density at radius 3 is 1.57 bits per heavy atom. The van der Waals surface area contributed by atoms with Crippen LogP contribution in [-0.2, 0) is 13.3 Å². The molecule has 0 amide bonds. The maximum absolute atomic E-state index is 6.99. The molecule has 206 valence electrons. The number of hydrogen-bond donors (Lipinski definition) is 0. The molecule has 35 heavy (non-hydrogen) atoms. The van der Waals surface area contributed by atoms with Gasteiger partial charge in [0.25, 0.3) is 0 Å². The quantitative estimate of drug-likeness (QED) is 0.101. The standard InChI is InChI=1S/C29H60O3Si3/c1-18-21-26(32-35(16,17)29(9,10)11)24(22-20-23-30-33(12,13)27(3,4)5)25(19-2)31-34(14,15)28(6,7)8/h1,19,24-26H,2,20-23H2,3-17H3/t24-,25+,26-/m0/s1. The minimum absolute atomic E-state index is 0.0541. The van der Waals surface area contributed by atoms with E-state index in [2.05, 4.69) is 114 Å². The van der Waals surface area contributed by atoms with E-state index in [0.717, 1.165) is 19.4 Å². The summed E-state index contributed by atoms with van der Waals surface area (Å²) in [5.41, 5.74) is 0. The Kier molecular flexibility index (Phi) is 12.5. The molecular weight excluding hydrogens is 481 g/mol. The summed E-state index contributed by atoms with van der Waals surface area (Å²) in [5, 5.41) is 0.435. The van der Waals surface area contributed by atoms with Gasteiger partial charge in [-0.1, -0.05) is 68.4 Å². The van der Waals surface area contributed by atoms with Crippen LogP contribution in [0.5, 0.6) is 0 Å². The van der Waals surface area contributed by atoms with E-state index < -0.39 is 25.0 Å². The van der Waals surface area contributed by atoms with Gasteiger partial charge in [-0.2, -0.15) is 0 Å². The van der Waals surface area contributed by atoms with Crippen LogP contribution in [0.2, 0.25) is 54.4 Å². The second kappa shape index (κ2) is 12.6. The van der Waals surface area contributed by atoms with Crippen LogP contribution in [0.1, 0.15) is 81.6 Å². The molecule has 0 saturated heterocycles. The second-order valence-electron chi connectivity index (χ2n) is 14.8. The molecule has 3 nitrogen and oxygen atoms in total. The first-order valence-electron chi connectivity index (χ1n) is 13.5. The molecule has 0 heterocycles. The zero-order chi connectivity index (χ0) is 28.1. The molecule has 0 aliphatic rings. The van der Waals surface area contributed by atoms with E-state index >= 15 is 0 Å². The van der Waals surface area contributed by atoms with Gasteiger partial charge in [0.05, 0.1) is 12.2 Å². The third-order valence-electron chi connectivity index (χ3n) is 8.89. The maximum Gasteiger partial charge on any atom is 0.192 e. The van der Waals surface area contributed by atoms with Crippen molar-refractivity contribution in [2.24, 2.45) is 5.92 Å². The molecule has 0 aromatic heterocycles. The largest absolute Gasteiger partial charge is 0.417 e. The molecule has 0 fully saturated rings. The molecule has 0 rings (SSSR count). The molecule has 0 unspecified atom stereocenters. The van der Waals surface area contributed by atoms with Crippen molar-refractivity contribution in [2.75, 3.05) is 6.61 Å². The molecule has 0 N–H and O–H groups in total. The predicted molar refractivity (Wildman–Crippen MR) is 164 cm³/mol. The van der Waals surface area contributed by atoms with Crippen molar-refractivity contribution in [3.05, 3.63) is 12.7 Å². The van der Waals surface area contributed by atoms with Crippen molar-refractivity contribution in [1.82, 2.24) is 0 Å². The van der Waals surface area contributed by atoms with Crippen LogP contribution in [0.4, 0.5) is 0 Å². The Balaban J connectivity index is 6.04. The molecule has 0 spiro atoms. The normalized spacial score (nSPS) is 17.0. The van der Waals surface area contributed by atoms with Crippen molar-refractivity contribution in [1.29, 1.82) is 0 Å². The lowest BCUT2D eigenvalue weighted by atomic mass is 9.89. The first kappa shape index (κ1) is 34.8. The van der Waals surface area contributed by atoms with Gasteiger partial charge in [0.2, 0.25) is 0 Å². The van der Waals surface area contributed by atoms with Crippen LogP contribution in [0.25, 0.3) is 0 Å². The Labute approximate surface area is 223 Å². The third kappa shape index (κ3) is 10.2. The van der Waals surface area contributed by atoms with Crippen LogP contribution >= 0.6 is 0 Å². The Bertz CT molecular complexity index is 701. The predicted octanol–water partition coefficient (Wildman–Crippen LogP) is 9.39. The van der Waals surface area contributed by atoms with Crippen molar-refractivity contribution >= 4 is 25.0 Å². The van der Waals surface area contributed by atoms with E-state index in [-0.39, 0.29) is 33.2 Å². The molecule has 0 aromatic rings. The first-order valence-corrected chi connectivity index (χ1v) is 22.2. The minimum atomic E-state index is -2.02. The molecule has 0 radical (unpaired) electrons. The summed E-state index contributed by atoms with van der Waals surface area (Å²) < 4.78 is 20.5. The summed E-state index contributed by atoms with van der Waals surface area (Å²) in [4.78, 5) is 0. The zero-order valence-corrected chi connectivity index (χ0v) is 29.1. The molecule has 0 aliphatic carbocycles. The molecule has 0 bridgehead atoms. The van der Waals surface area contributed by atoms with Crippen LogP contribution in [0, 0.1) is 18.3 Å². The van der Waals surface area contributed by atoms with Gasteiger partial charge in [-0.05, 0) is 67.2 Å². The summed E-state index contributed by atoms with van der Waals surface area (Å²) in [6.07, 6.45) is 10.3. The topological polar surface area (TPSA) is 27.7 Å². The zero-order valence-electron chi connectivity index (χ0n) is 26.1. The van der Waals surface area contributed by atoms with Gasteiger partial charge in [0.1, 0.15) is 0 Å². The van der Waals surface area contributed by atoms with Gasteiger partial charge in [0, 0.05) is 18.9 Å². The van der Waals surface area contributed by atoms with E-state index in [1.807, 2.05) is 6.08 Å². The lowest BCUT2D eigenvalue weighted by molar-refractivity contribution is 0.0422. The highest BCUT2D eigenvalue weighted by atomic mass is 28.4. The van der Waals surface area contributed by atoms with E-state index in [1.165, 1.54) is 0 Å². The SMILES string of the molecule is C#CC[C@H](O[Si](C)(C)C(C)(C)C)[C@@H](CCCO[Si](C)(C)C(C)(C)C)[C@@H](C=C)O[Si](C)(C)C(C)(C)C. The minimum Gasteiger partial charge on any atom is -0.417 e. The van der Waals surface area contributed by atoms with E-state index in [0.29, 0.717) is 6.42 Å². The number of rotatable bonds is 13. The monoisotopic (exact) mass is 540 g/mol. The molecule has 0 aliphatic heterocycles. The fourth-order valence-corrected chi connectivity index (χ4v) is 6.96. The van der Waals surface area contributed by atoms with Gasteiger partial charge in [-0.15, -0.1) is 18.9 Å². The molecular formula is C29H60O3Si3. The van der Waals surface area contributed by atoms with E-state index in [1.54, 1.807) is 0 Å². The molecule has 0 aromatic carbocycles. The number of hydrogen-bond acceptors (Lipinski definition) is 3. The molecule has 6 heteroatoms. The fraction of sp³-hybridized carbons (Fsp3) is 0.862. The summed E-state index contributed by atoms with van der Waals surface area (Å²) in [7, 11) is -5.81. The Morgan fingerprint density at radius 2 is 1.20 bits per heavy atom. The lowest BCUT2D eigenvalue weighted by Gasteiger charge is -2.45.